The third-order valence-corrected chi connectivity index (χ3v) is 13.1. The first-order valence-corrected chi connectivity index (χ1v) is 22.0. The first-order chi connectivity index (χ1) is 31.9. The van der Waals surface area contributed by atoms with Crippen LogP contribution in [0, 0.1) is 35.5 Å². The lowest BCUT2D eigenvalue weighted by atomic mass is 9.82. The zero-order valence-electron chi connectivity index (χ0n) is 38.0. The molecular weight excluding hydrogens is 896 g/mol. The van der Waals surface area contributed by atoms with Crippen molar-refractivity contribution in [3.63, 3.8) is 0 Å². The van der Waals surface area contributed by atoms with Gasteiger partial charge in [-0.2, -0.15) is 0 Å². The molecule has 0 aromatic carbocycles. The lowest BCUT2D eigenvalue weighted by Crippen LogP contribution is -2.60. The number of allylic oxidation sites excluding steroid dienone is 2. The number of esters is 4. The number of ether oxygens (including phenoxy) is 10. The van der Waals surface area contributed by atoms with E-state index in [0.29, 0.717) is 6.42 Å². The first-order valence-electron chi connectivity index (χ1n) is 22.0. The molecule has 0 spiro atoms. The van der Waals surface area contributed by atoms with E-state index in [4.69, 9.17) is 47.4 Å². The van der Waals surface area contributed by atoms with Crippen molar-refractivity contribution in [2.45, 2.75) is 127 Å². The fourth-order valence-electron chi connectivity index (χ4n) is 9.31. The molecule has 23 heteroatoms. The maximum absolute atomic E-state index is 13.9. The first kappa shape index (κ1) is 53.9. The smallest absolute Gasteiger partial charge is 0.337 e. The zero-order chi connectivity index (χ0) is 49.4. The van der Waals surface area contributed by atoms with Gasteiger partial charge in [-0.15, -0.1) is 0 Å². The minimum atomic E-state index is -1.78. The van der Waals surface area contributed by atoms with E-state index >= 15 is 0 Å². The van der Waals surface area contributed by atoms with Crippen LogP contribution < -0.4 is 0 Å². The summed E-state index contributed by atoms with van der Waals surface area (Å²) in [6.07, 6.45) is -15.3. The Bertz CT molecular complexity index is 1840. The van der Waals surface area contributed by atoms with Crippen molar-refractivity contribution in [3.8, 4) is 0 Å². The van der Waals surface area contributed by atoms with Gasteiger partial charge in [-0.1, -0.05) is 26.0 Å². The summed E-state index contributed by atoms with van der Waals surface area (Å²) >= 11 is 0. The highest BCUT2D eigenvalue weighted by Crippen LogP contribution is 2.45. The Balaban J connectivity index is 1.27. The molecule has 2 saturated heterocycles. The number of aliphatic hydroxyl groups is 9. The van der Waals surface area contributed by atoms with Crippen LogP contribution in [0.1, 0.15) is 47.0 Å². The van der Waals surface area contributed by atoms with Gasteiger partial charge in [0.25, 0.3) is 0 Å². The molecule has 0 radical (unpaired) electrons. The van der Waals surface area contributed by atoms with Gasteiger partial charge >= 0.3 is 23.9 Å². The maximum Gasteiger partial charge on any atom is 0.337 e. The Morgan fingerprint density at radius 2 is 1.15 bits per heavy atom. The number of hydrogen-bond acceptors (Lipinski definition) is 23. The number of carbonyl (C=O) groups excluding carboxylic acids is 4. The summed E-state index contributed by atoms with van der Waals surface area (Å²) in [6, 6.07) is 0. The fraction of sp³-hybridized carbons (Fsp3) is 0.727. The van der Waals surface area contributed by atoms with Gasteiger partial charge in [-0.25, -0.2) is 9.59 Å². The molecule has 0 aromatic heterocycles. The Morgan fingerprint density at radius 1 is 0.701 bits per heavy atom. The minimum absolute atomic E-state index is 0.0724. The van der Waals surface area contributed by atoms with E-state index in [2.05, 4.69) is 0 Å². The van der Waals surface area contributed by atoms with E-state index in [1.165, 1.54) is 12.2 Å². The van der Waals surface area contributed by atoms with Crippen LogP contribution >= 0.6 is 0 Å². The molecule has 5 rings (SSSR count). The maximum atomic E-state index is 13.9. The highest BCUT2D eigenvalue weighted by molar-refractivity contribution is 5.91. The number of hydrogen-bond donors (Lipinski definition) is 9. The van der Waals surface area contributed by atoms with E-state index in [9.17, 15) is 65.1 Å². The Kier molecular flexibility index (Phi) is 19.3. The standard InChI is InChI=1S/C44H64O23/c1-7-20-22(25(39(56)58-5)16-61-41(20)66-43-37(54)35(52)33(50)28(13-46)64-43)10-30(48)60-15-24-18(3)9-27(32(24)19(4)12-45)63-31(49)11-23-21(8-2)42(62-17-26(23)40(57)59-6)67-44-38(55)36(53)34(51)29(14-47)65-44/h7-8,16-19,22-24,27-29,32-38,41-47,50-55H,9-15H2,1-6H3. The second kappa shape index (κ2) is 24.0. The summed E-state index contributed by atoms with van der Waals surface area (Å²) < 4.78 is 55.7. The fourth-order valence-corrected chi connectivity index (χ4v) is 9.31. The lowest BCUT2D eigenvalue weighted by Gasteiger charge is -2.42. The largest absolute Gasteiger partial charge is 0.468 e. The molecule has 1 saturated carbocycles. The lowest BCUT2D eigenvalue weighted by molar-refractivity contribution is -0.327. The number of methoxy groups -OCH3 is 2. The highest BCUT2D eigenvalue weighted by Gasteiger charge is 2.50. The predicted octanol–water partition coefficient (Wildman–Crippen LogP) is -2.29. The van der Waals surface area contributed by atoms with Gasteiger partial charge < -0.3 is 93.3 Å². The molecule has 19 atom stereocenters. The second-order valence-electron chi connectivity index (χ2n) is 17.1. The van der Waals surface area contributed by atoms with E-state index in [0.717, 1.165) is 26.7 Å². The van der Waals surface area contributed by atoms with Crippen LogP contribution in [-0.2, 0) is 66.5 Å². The SMILES string of the molecule is CC=C1C(OC2OC(CO)C(O)C(O)C2O)OC=C(C(=O)OC)C1CC(=O)OCC1C(C)CC(OC(=O)CC2C(C(=O)OC)=COC(OC3OC(CO)C(O)C(O)C3O)C2=CC)C1C(C)CO. The van der Waals surface area contributed by atoms with E-state index in [-0.39, 0.29) is 41.4 Å². The molecule has 1 aliphatic carbocycles. The van der Waals surface area contributed by atoms with Gasteiger partial charge in [0.1, 0.15) is 54.9 Å². The summed E-state index contributed by atoms with van der Waals surface area (Å²) in [7, 11) is 2.27. The van der Waals surface area contributed by atoms with Gasteiger partial charge in [0.05, 0.1) is 70.6 Å². The molecule has 378 valence electrons. The average Bonchev–Trinajstić information content (AvgIpc) is 3.63. The summed E-state index contributed by atoms with van der Waals surface area (Å²) in [6.45, 7) is 4.84. The van der Waals surface area contributed by atoms with Gasteiger partial charge in [0.2, 0.25) is 12.6 Å². The molecule has 4 aliphatic heterocycles. The molecular formula is C44H64O23. The number of carbonyl (C=O) groups is 4. The zero-order valence-corrected chi connectivity index (χ0v) is 38.0. The Labute approximate surface area is 386 Å². The van der Waals surface area contributed by atoms with Gasteiger partial charge in [0.15, 0.2) is 12.6 Å². The van der Waals surface area contributed by atoms with Crippen molar-refractivity contribution >= 4 is 23.9 Å². The van der Waals surface area contributed by atoms with Crippen LogP contribution in [0.15, 0.2) is 47.0 Å². The molecule has 0 bridgehead atoms. The van der Waals surface area contributed by atoms with Crippen molar-refractivity contribution in [3.05, 3.63) is 47.0 Å². The van der Waals surface area contributed by atoms with Crippen molar-refractivity contribution in [2.24, 2.45) is 35.5 Å². The van der Waals surface area contributed by atoms with Gasteiger partial charge in [-0.3, -0.25) is 9.59 Å². The molecule has 23 nitrogen and oxygen atoms in total. The van der Waals surface area contributed by atoms with Gasteiger partial charge in [0, 0.05) is 41.4 Å². The van der Waals surface area contributed by atoms with Crippen LogP contribution in [-0.4, -0.2) is 191 Å². The van der Waals surface area contributed by atoms with Gasteiger partial charge in [-0.05, 0) is 32.1 Å². The van der Waals surface area contributed by atoms with Crippen LogP contribution in [0.2, 0.25) is 0 Å². The quantitative estimate of drug-likeness (QED) is 0.0421. The van der Waals surface area contributed by atoms with Crippen molar-refractivity contribution in [1.29, 1.82) is 0 Å². The van der Waals surface area contributed by atoms with Crippen LogP contribution in [0.25, 0.3) is 0 Å². The normalized spacial score (nSPS) is 39.3. The van der Waals surface area contributed by atoms with E-state index in [1.54, 1.807) is 20.8 Å². The second-order valence-corrected chi connectivity index (χ2v) is 17.1. The average molecular weight is 961 g/mol. The molecule has 0 amide bonds. The van der Waals surface area contributed by atoms with E-state index in [1.807, 2.05) is 6.92 Å². The van der Waals surface area contributed by atoms with Crippen molar-refractivity contribution < 1.29 is 113 Å². The predicted molar refractivity (Wildman–Crippen MR) is 221 cm³/mol. The molecule has 3 fully saturated rings. The monoisotopic (exact) mass is 960 g/mol. The minimum Gasteiger partial charge on any atom is -0.468 e. The molecule has 4 heterocycles. The highest BCUT2D eigenvalue weighted by atomic mass is 16.8. The number of aliphatic hydroxyl groups excluding tert-OH is 9. The molecule has 19 unspecified atom stereocenters. The third kappa shape index (κ3) is 11.9. The van der Waals surface area contributed by atoms with Crippen molar-refractivity contribution in [2.75, 3.05) is 40.6 Å². The summed E-state index contributed by atoms with van der Waals surface area (Å²) in [5.74, 6) is -6.99. The molecule has 0 aromatic rings. The van der Waals surface area contributed by atoms with E-state index < -0.39 is 160 Å². The van der Waals surface area contributed by atoms with Crippen LogP contribution in [0.4, 0.5) is 0 Å². The Hall–Kier alpha value is -4.08. The van der Waals surface area contributed by atoms with Crippen LogP contribution in [0.3, 0.4) is 0 Å². The van der Waals surface area contributed by atoms with Crippen LogP contribution in [0.5, 0.6) is 0 Å². The third-order valence-electron chi connectivity index (χ3n) is 13.1. The summed E-state index contributed by atoms with van der Waals surface area (Å²) in [5.41, 5.74) is 0.280. The molecule has 9 N–H and O–H groups in total. The number of rotatable bonds is 17. The van der Waals surface area contributed by atoms with Crippen molar-refractivity contribution in [1.82, 2.24) is 0 Å². The summed E-state index contributed by atoms with van der Waals surface area (Å²) in [5, 5.41) is 91.8. The molecule has 67 heavy (non-hydrogen) atoms. The summed E-state index contributed by atoms with van der Waals surface area (Å²) in [4.78, 5) is 53.5. The molecule has 5 aliphatic rings. The Morgan fingerprint density at radius 3 is 1.55 bits per heavy atom. The topological polar surface area (TPSA) is 343 Å².